The van der Waals surface area contributed by atoms with Crippen LogP contribution in [0.15, 0.2) is 0 Å². The number of hydrogen-bond donors (Lipinski definition) is 2. The first-order valence-electron chi connectivity index (χ1n) is 3.15. The predicted molar refractivity (Wildman–Crippen MR) is 35.1 cm³/mol. The number of hydrogen-bond acceptors (Lipinski definition) is 2. The topological polar surface area (TPSA) is 63.3 Å². The molecule has 3 N–H and O–H groups in total. The van der Waals surface area contributed by atoms with E-state index in [1.165, 1.54) is 0 Å². The number of nitrogens with two attached hydrogens (primary N) is 1. The van der Waals surface area contributed by atoms with Crippen LogP contribution in [0.2, 0.25) is 0 Å². The second-order valence-corrected chi connectivity index (χ2v) is 2.06. The fraction of sp³-hybridized carbons (Fsp3) is 0.833. The average molecular weight is 131 g/mol. The van der Waals surface area contributed by atoms with Crippen LogP contribution in [0.5, 0.6) is 0 Å². The lowest BCUT2D eigenvalue weighted by Gasteiger charge is -2.05. The zero-order valence-electron chi connectivity index (χ0n) is 5.63. The molecule has 0 aromatic rings. The number of carbonyl (C=O) groups is 1. The molecule has 0 saturated carbocycles. The van der Waals surface area contributed by atoms with E-state index in [9.17, 15) is 4.79 Å². The highest BCUT2D eigenvalue weighted by atomic mass is 16.4. The Kier molecular flexibility index (Phi) is 4.05. The van der Waals surface area contributed by atoms with Gasteiger partial charge in [0.25, 0.3) is 0 Å². The molecule has 54 valence electrons. The quantitative estimate of drug-likeness (QED) is 0.582. The van der Waals surface area contributed by atoms with Gasteiger partial charge in [0.05, 0.1) is 5.92 Å². The van der Waals surface area contributed by atoms with Gasteiger partial charge in [-0.3, -0.25) is 4.79 Å². The van der Waals surface area contributed by atoms with Gasteiger partial charge in [-0.25, -0.2) is 0 Å². The van der Waals surface area contributed by atoms with Crippen LogP contribution in [0.25, 0.3) is 0 Å². The highest BCUT2D eigenvalue weighted by Crippen LogP contribution is 2.03. The summed E-state index contributed by atoms with van der Waals surface area (Å²) in [5, 5.41) is 8.42. The first-order chi connectivity index (χ1) is 4.22. The maximum Gasteiger partial charge on any atom is 0.307 e. The Balaban J connectivity index is 3.54. The van der Waals surface area contributed by atoms with Gasteiger partial charge in [-0.1, -0.05) is 13.3 Å². The first kappa shape index (κ1) is 8.43. The number of aliphatic carboxylic acids is 1. The van der Waals surface area contributed by atoms with Crippen LogP contribution >= 0.6 is 0 Å². The Bertz CT molecular complexity index is 93.1. The van der Waals surface area contributed by atoms with E-state index in [0.29, 0.717) is 6.42 Å². The van der Waals surface area contributed by atoms with Gasteiger partial charge in [0.1, 0.15) is 0 Å². The summed E-state index contributed by atoms with van der Waals surface area (Å²) in [6.45, 7) is 2.20. The van der Waals surface area contributed by atoms with Crippen LogP contribution < -0.4 is 5.73 Å². The van der Waals surface area contributed by atoms with E-state index < -0.39 is 5.97 Å². The molecule has 9 heavy (non-hydrogen) atoms. The van der Waals surface area contributed by atoms with E-state index in [1.807, 2.05) is 6.92 Å². The second kappa shape index (κ2) is 4.32. The van der Waals surface area contributed by atoms with Crippen molar-refractivity contribution >= 4 is 5.97 Å². The van der Waals surface area contributed by atoms with Crippen molar-refractivity contribution in [3.63, 3.8) is 0 Å². The number of rotatable bonds is 4. The minimum absolute atomic E-state index is 0.253. The van der Waals surface area contributed by atoms with Crippen molar-refractivity contribution in [2.45, 2.75) is 19.8 Å². The molecule has 3 heteroatoms. The molecule has 3 nitrogen and oxygen atoms in total. The molecule has 0 aliphatic rings. The van der Waals surface area contributed by atoms with Crippen molar-refractivity contribution in [1.29, 1.82) is 0 Å². The Morgan fingerprint density at radius 2 is 2.33 bits per heavy atom. The van der Waals surface area contributed by atoms with Gasteiger partial charge in [-0.05, 0) is 6.42 Å². The number of carboxylic acid groups (broad SMARTS) is 1. The van der Waals surface area contributed by atoms with E-state index in [0.717, 1.165) is 6.42 Å². The lowest BCUT2D eigenvalue weighted by molar-refractivity contribution is -0.141. The molecule has 0 heterocycles. The van der Waals surface area contributed by atoms with Crippen LogP contribution in [0, 0.1) is 5.92 Å². The molecule has 0 aliphatic carbocycles. The van der Waals surface area contributed by atoms with Crippen LogP contribution in [0.3, 0.4) is 0 Å². The smallest absolute Gasteiger partial charge is 0.307 e. The predicted octanol–water partition coefficient (Wildman–Crippen LogP) is 0.446. The Labute approximate surface area is 54.9 Å². The number of carboxylic acids is 1. The van der Waals surface area contributed by atoms with Crippen LogP contribution in [0.1, 0.15) is 19.8 Å². The molecule has 0 aromatic heterocycles. The molecule has 0 fully saturated rings. The summed E-state index contributed by atoms with van der Waals surface area (Å²) >= 11 is 0. The maximum atomic E-state index is 10.2. The summed E-state index contributed by atoms with van der Waals surface area (Å²) in [5.41, 5.74) is 5.18. The molecular formula is C6H13NO2. The van der Waals surface area contributed by atoms with Crippen molar-refractivity contribution in [3.8, 4) is 0 Å². The SMILES string of the molecule is CCC[C@H](CN)C(=O)O. The van der Waals surface area contributed by atoms with E-state index >= 15 is 0 Å². The van der Waals surface area contributed by atoms with Gasteiger partial charge in [-0.2, -0.15) is 0 Å². The lowest BCUT2D eigenvalue weighted by Crippen LogP contribution is -2.22. The van der Waals surface area contributed by atoms with Crippen molar-refractivity contribution in [1.82, 2.24) is 0 Å². The standard InChI is InChI=1S/C6H13NO2/c1-2-3-5(4-7)6(8)9/h5H,2-4,7H2,1H3,(H,8,9)/t5-/m1/s1. The Hall–Kier alpha value is -0.570. The van der Waals surface area contributed by atoms with E-state index in [4.69, 9.17) is 10.8 Å². The van der Waals surface area contributed by atoms with E-state index in [1.54, 1.807) is 0 Å². The van der Waals surface area contributed by atoms with Gasteiger partial charge in [0, 0.05) is 6.54 Å². The molecule has 0 rings (SSSR count). The molecule has 0 aliphatic heterocycles. The highest BCUT2D eigenvalue weighted by molar-refractivity contribution is 5.70. The van der Waals surface area contributed by atoms with Gasteiger partial charge in [-0.15, -0.1) is 0 Å². The Morgan fingerprint density at radius 3 is 2.44 bits per heavy atom. The molecule has 0 radical (unpaired) electrons. The third-order valence-corrected chi connectivity index (χ3v) is 1.27. The van der Waals surface area contributed by atoms with Crippen LogP contribution in [-0.4, -0.2) is 17.6 Å². The summed E-state index contributed by atoms with van der Waals surface area (Å²) < 4.78 is 0. The van der Waals surface area contributed by atoms with Gasteiger partial charge < -0.3 is 10.8 Å². The molecule has 0 saturated heterocycles. The van der Waals surface area contributed by atoms with Crippen molar-refractivity contribution in [2.75, 3.05) is 6.54 Å². The molecular weight excluding hydrogens is 118 g/mol. The summed E-state index contributed by atoms with van der Waals surface area (Å²) in [5.74, 6) is -1.12. The zero-order chi connectivity index (χ0) is 7.28. The second-order valence-electron chi connectivity index (χ2n) is 2.06. The highest BCUT2D eigenvalue weighted by Gasteiger charge is 2.12. The van der Waals surface area contributed by atoms with Crippen LogP contribution in [-0.2, 0) is 4.79 Å². The molecule has 0 unspecified atom stereocenters. The van der Waals surface area contributed by atoms with Crippen molar-refractivity contribution < 1.29 is 9.90 Å². The van der Waals surface area contributed by atoms with Crippen molar-refractivity contribution in [3.05, 3.63) is 0 Å². The van der Waals surface area contributed by atoms with Crippen molar-refractivity contribution in [2.24, 2.45) is 11.7 Å². The third-order valence-electron chi connectivity index (χ3n) is 1.27. The van der Waals surface area contributed by atoms with Gasteiger partial charge in [0.2, 0.25) is 0 Å². The third kappa shape index (κ3) is 3.08. The maximum absolute atomic E-state index is 10.2. The van der Waals surface area contributed by atoms with Gasteiger partial charge in [0.15, 0.2) is 0 Å². The molecule has 0 aromatic carbocycles. The van der Waals surface area contributed by atoms with E-state index in [2.05, 4.69) is 0 Å². The molecule has 1 atom stereocenters. The Morgan fingerprint density at radius 1 is 1.78 bits per heavy atom. The molecule has 0 bridgehead atoms. The van der Waals surface area contributed by atoms with Gasteiger partial charge >= 0.3 is 5.97 Å². The summed E-state index contributed by atoms with van der Waals surface area (Å²) in [7, 11) is 0. The molecule has 0 amide bonds. The average Bonchev–Trinajstić information content (AvgIpc) is 1.82. The zero-order valence-corrected chi connectivity index (χ0v) is 5.63. The minimum atomic E-state index is -0.778. The monoisotopic (exact) mass is 131 g/mol. The van der Waals surface area contributed by atoms with E-state index in [-0.39, 0.29) is 12.5 Å². The fourth-order valence-corrected chi connectivity index (χ4v) is 0.691. The normalized spacial score (nSPS) is 13.1. The van der Waals surface area contributed by atoms with Crippen LogP contribution in [0.4, 0.5) is 0 Å². The first-order valence-corrected chi connectivity index (χ1v) is 3.15. The molecule has 0 spiro atoms. The summed E-state index contributed by atoms with van der Waals surface area (Å²) in [6.07, 6.45) is 1.57. The fourth-order valence-electron chi connectivity index (χ4n) is 0.691. The minimum Gasteiger partial charge on any atom is -0.481 e. The largest absolute Gasteiger partial charge is 0.481 e. The lowest BCUT2D eigenvalue weighted by atomic mass is 10.1. The summed E-state index contributed by atoms with van der Waals surface area (Å²) in [6, 6.07) is 0. The summed E-state index contributed by atoms with van der Waals surface area (Å²) in [4.78, 5) is 10.2.